The third kappa shape index (κ3) is 2.97. The Kier molecular flexibility index (Phi) is 4.76. The van der Waals surface area contributed by atoms with Gasteiger partial charge < -0.3 is 13.7 Å². The topological polar surface area (TPSA) is 61.8 Å². The molecule has 0 unspecified atom stereocenters. The van der Waals surface area contributed by atoms with Gasteiger partial charge in [0.15, 0.2) is 0 Å². The Hall–Kier alpha value is -2.47. The van der Waals surface area contributed by atoms with Gasteiger partial charge in [0.05, 0.1) is 13.2 Å². The van der Waals surface area contributed by atoms with Crippen molar-refractivity contribution in [1.82, 2.24) is 0 Å². The first-order valence-electron chi connectivity index (χ1n) is 7.72. The van der Waals surface area contributed by atoms with E-state index in [1.54, 1.807) is 18.2 Å². The van der Waals surface area contributed by atoms with Crippen LogP contribution in [0.2, 0.25) is 0 Å². The van der Waals surface area contributed by atoms with Crippen molar-refractivity contribution in [3.05, 3.63) is 42.5 Å². The molecule has 0 N–H and O–H groups in total. The fourth-order valence-electron chi connectivity index (χ4n) is 2.82. The van der Waals surface area contributed by atoms with Crippen LogP contribution in [0.3, 0.4) is 0 Å². The maximum Gasteiger partial charge on any atom is 0.299 e. The molecule has 6 heteroatoms. The van der Waals surface area contributed by atoms with Gasteiger partial charge in [-0.3, -0.25) is 0 Å². The van der Waals surface area contributed by atoms with Crippen LogP contribution in [0.25, 0.3) is 21.5 Å². The van der Waals surface area contributed by atoms with Crippen molar-refractivity contribution in [1.29, 1.82) is 0 Å². The van der Waals surface area contributed by atoms with E-state index >= 15 is 0 Å². The molecule has 0 saturated heterocycles. The summed E-state index contributed by atoms with van der Waals surface area (Å²) < 4.78 is 38.3. The smallest absolute Gasteiger partial charge is 0.299 e. The lowest BCUT2D eigenvalue weighted by molar-refractivity contribution is 0.342. The Labute approximate surface area is 141 Å². The molecule has 3 rings (SSSR count). The molecule has 0 heterocycles. The van der Waals surface area contributed by atoms with Gasteiger partial charge in [-0.15, -0.1) is 0 Å². The highest BCUT2D eigenvalue weighted by Gasteiger charge is 2.16. The first-order chi connectivity index (χ1) is 11.7. The van der Waals surface area contributed by atoms with Crippen molar-refractivity contribution in [2.24, 2.45) is 0 Å². The van der Waals surface area contributed by atoms with E-state index in [0.717, 1.165) is 27.3 Å². The number of fused-ring (bicyclic) bond motifs is 2. The highest BCUT2D eigenvalue weighted by Crippen LogP contribution is 2.43. The molecule has 0 aliphatic rings. The average Bonchev–Trinajstić information content (AvgIpc) is 2.57. The van der Waals surface area contributed by atoms with Gasteiger partial charge in [-0.25, -0.2) is 0 Å². The largest absolute Gasteiger partial charge is 0.493 e. The van der Waals surface area contributed by atoms with Crippen molar-refractivity contribution in [2.75, 3.05) is 13.2 Å². The van der Waals surface area contributed by atoms with E-state index in [1.165, 1.54) is 0 Å². The molecule has 0 aromatic heterocycles. The van der Waals surface area contributed by atoms with E-state index in [0.29, 0.717) is 19.0 Å². The number of hydrogen-bond donors (Lipinski definition) is 1. The van der Waals surface area contributed by atoms with Crippen LogP contribution < -0.4 is 13.7 Å². The fourth-order valence-corrected chi connectivity index (χ4v) is 3.11. The predicted molar refractivity (Wildman–Crippen MR) is 94.7 cm³/mol. The monoisotopic (exact) mass is 346 g/mol. The molecule has 24 heavy (non-hydrogen) atoms. The standard InChI is InChI=1S/C18H18O5S/c1-3-21-17-13-7-5-6-8-14(13)18(22-4-2)16-11-12(23-24(19)20)9-10-15(16)17/h5-11,24H,3-4H2,1-2H3. The van der Waals surface area contributed by atoms with Crippen LogP contribution in [0, 0.1) is 0 Å². The summed E-state index contributed by atoms with van der Waals surface area (Å²) in [6.45, 7) is 4.86. The SMILES string of the molecule is CCOc1c2ccccc2c(OCC)c2cc(O[SH](=O)=O)ccc12. The Morgan fingerprint density at radius 1 is 0.792 bits per heavy atom. The van der Waals surface area contributed by atoms with Gasteiger partial charge in [-0.1, -0.05) is 24.3 Å². The third-order valence-corrected chi connectivity index (χ3v) is 4.01. The van der Waals surface area contributed by atoms with Gasteiger partial charge in [-0.05, 0) is 32.0 Å². The number of benzene rings is 3. The summed E-state index contributed by atoms with van der Waals surface area (Å²) >= 11 is 0. The van der Waals surface area contributed by atoms with Crippen LogP contribution in [-0.4, -0.2) is 21.6 Å². The van der Waals surface area contributed by atoms with Crippen molar-refractivity contribution in [3.8, 4) is 17.2 Å². The highest BCUT2D eigenvalue weighted by atomic mass is 32.2. The molecule has 0 atom stereocenters. The summed E-state index contributed by atoms with van der Waals surface area (Å²) in [6, 6.07) is 12.9. The van der Waals surface area contributed by atoms with E-state index in [4.69, 9.17) is 13.7 Å². The Morgan fingerprint density at radius 2 is 1.33 bits per heavy atom. The maximum atomic E-state index is 10.9. The molecule has 0 bridgehead atoms. The molecular weight excluding hydrogens is 328 g/mol. The Morgan fingerprint density at radius 3 is 1.88 bits per heavy atom. The van der Waals surface area contributed by atoms with Crippen LogP contribution in [0.4, 0.5) is 0 Å². The predicted octanol–water partition coefficient (Wildman–Crippen LogP) is 3.70. The summed E-state index contributed by atoms with van der Waals surface area (Å²) in [4.78, 5) is 0. The van der Waals surface area contributed by atoms with Gasteiger partial charge in [0.1, 0.15) is 17.2 Å². The lowest BCUT2D eigenvalue weighted by atomic mass is 10.0. The van der Waals surface area contributed by atoms with Gasteiger partial charge in [0.2, 0.25) is 0 Å². The van der Waals surface area contributed by atoms with Gasteiger partial charge in [0, 0.05) is 21.5 Å². The number of thiol groups is 1. The van der Waals surface area contributed by atoms with E-state index < -0.39 is 11.0 Å². The van der Waals surface area contributed by atoms with Crippen LogP contribution in [0.5, 0.6) is 17.2 Å². The molecule has 0 saturated carbocycles. The second-order valence-corrected chi connectivity index (χ2v) is 5.72. The first-order valence-corrected chi connectivity index (χ1v) is 8.81. The normalized spacial score (nSPS) is 11.1. The second-order valence-electron chi connectivity index (χ2n) is 5.09. The first kappa shape index (κ1) is 16.4. The van der Waals surface area contributed by atoms with E-state index in [2.05, 4.69) is 0 Å². The fraction of sp³-hybridized carbons (Fsp3) is 0.222. The summed E-state index contributed by atoms with van der Waals surface area (Å²) in [5.74, 6) is 1.69. The minimum atomic E-state index is -2.97. The molecule has 126 valence electrons. The van der Waals surface area contributed by atoms with Gasteiger partial charge in [-0.2, -0.15) is 8.42 Å². The molecule has 0 radical (unpaired) electrons. The van der Waals surface area contributed by atoms with Crippen molar-refractivity contribution < 1.29 is 22.1 Å². The van der Waals surface area contributed by atoms with Gasteiger partial charge >= 0.3 is 0 Å². The van der Waals surface area contributed by atoms with E-state index in [9.17, 15) is 8.42 Å². The average molecular weight is 346 g/mol. The molecular formula is C18H18O5S. The minimum Gasteiger partial charge on any atom is -0.493 e. The lowest BCUT2D eigenvalue weighted by Crippen LogP contribution is -1.99. The lowest BCUT2D eigenvalue weighted by Gasteiger charge is -2.17. The second kappa shape index (κ2) is 6.97. The molecule has 5 nitrogen and oxygen atoms in total. The maximum absolute atomic E-state index is 10.9. The third-order valence-electron chi connectivity index (χ3n) is 3.65. The van der Waals surface area contributed by atoms with Crippen LogP contribution >= 0.6 is 0 Å². The zero-order valence-corrected chi connectivity index (χ0v) is 14.3. The quantitative estimate of drug-likeness (QED) is 0.545. The molecule has 0 spiro atoms. The molecule has 0 fully saturated rings. The highest BCUT2D eigenvalue weighted by molar-refractivity contribution is 7.67. The van der Waals surface area contributed by atoms with Crippen molar-refractivity contribution >= 4 is 32.5 Å². The number of ether oxygens (including phenoxy) is 2. The summed E-state index contributed by atoms with van der Waals surface area (Å²) in [7, 11) is -2.97. The van der Waals surface area contributed by atoms with Crippen molar-refractivity contribution in [2.45, 2.75) is 13.8 Å². The van der Waals surface area contributed by atoms with E-state index in [1.807, 2.05) is 38.1 Å². The van der Waals surface area contributed by atoms with Crippen molar-refractivity contribution in [3.63, 3.8) is 0 Å². The molecule has 3 aromatic carbocycles. The zero-order chi connectivity index (χ0) is 17.1. The molecule has 3 aromatic rings. The number of rotatable bonds is 6. The van der Waals surface area contributed by atoms with Crippen LogP contribution in [0.15, 0.2) is 42.5 Å². The zero-order valence-electron chi connectivity index (χ0n) is 13.4. The van der Waals surface area contributed by atoms with Crippen LogP contribution in [-0.2, 0) is 11.0 Å². The molecule has 0 aliphatic heterocycles. The minimum absolute atomic E-state index is 0.247. The number of hydrogen-bond acceptors (Lipinski definition) is 5. The molecule has 0 aliphatic carbocycles. The van der Waals surface area contributed by atoms with E-state index in [-0.39, 0.29) is 5.75 Å². The Bertz CT molecular complexity index is 954. The summed E-state index contributed by atoms with van der Waals surface area (Å²) in [6.07, 6.45) is 0. The Balaban J connectivity index is 2.40. The molecule has 0 amide bonds. The summed E-state index contributed by atoms with van der Waals surface area (Å²) in [5.41, 5.74) is 0. The summed E-state index contributed by atoms with van der Waals surface area (Å²) in [5, 5.41) is 3.48. The van der Waals surface area contributed by atoms with Gasteiger partial charge in [0.25, 0.3) is 11.0 Å². The van der Waals surface area contributed by atoms with Crippen LogP contribution in [0.1, 0.15) is 13.8 Å².